The maximum absolute atomic E-state index is 12.1. The van der Waals surface area contributed by atoms with E-state index >= 15 is 0 Å². The zero-order chi connectivity index (χ0) is 18.5. The lowest BCUT2D eigenvalue weighted by molar-refractivity contribution is -0.116. The van der Waals surface area contributed by atoms with Crippen molar-refractivity contribution in [3.63, 3.8) is 0 Å². The number of rotatable bonds is 6. The summed E-state index contributed by atoms with van der Waals surface area (Å²) >= 11 is 0. The molecule has 8 nitrogen and oxygen atoms in total. The highest BCUT2D eigenvalue weighted by Gasteiger charge is 2.09. The molecule has 3 rings (SSSR count). The molecule has 2 aromatic carbocycles. The summed E-state index contributed by atoms with van der Waals surface area (Å²) in [6, 6.07) is 13.2. The summed E-state index contributed by atoms with van der Waals surface area (Å²) in [7, 11) is 0. The van der Waals surface area contributed by atoms with E-state index in [-0.39, 0.29) is 12.3 Å². The molecule has 3 amide bonds. The summed E-state index contributed by atoms with van der Waals surface area (Å²) < 4.78 is 6.67. The lowest BCUT2D eigenvalue weighted by atomic mass is 10.2. The topological polar surface area (TPSA) is 119 Å². The number of hydrogen-bond acceptors (Lipinski definition) is 4. The largest absolute Gasteiger partial charge is 0.419 e. The van der Waals surface area contributed by atoms with Crippen molar-refractivity contribution >= 4 is 34.4 Å². The molecule has 0 aliphatic heterocycles. The van der Waals surface area contributed by atoms with Crippen molar-refractivity contribution in [2.75, 3.05) is 10.6 Å². The molecular formula is C18H18N4O4. The van der Waals surface area contributed by atoms with Gasteiger partial charge in [0, 0.05) is 24.3 Å². The molecule has 0 spiro atoms. The molecule has 0 fully saturated rings. The van der Waals surface area contributed by atoms with Crippen LogP contribution in [0.5, 0.6) is 0 Å². The van der Waals surface area contributed by atoms with Crippen molar-refractivity contribution in [3.8, 4) is 0 Å². The lowest BCUT2D eigenvalue weighted by Gasteiger charge is -2.08. The zero-order valence-corrected chi connectivity index (χ0v) is 13.9. The molecule has 134 valence electrons. The quantitative estimate of drug-likeness (QED) is 0.630. The van der Waals surface area contributed by atoms with Crippen molar-refractivity contribution in [2.45, 2.75) is 19.4 Å². The highest BCUT2D eigenvalue weighted by Crippen LogP contribution is 2.16. The minimum Gasteiger partial charge on any atom is -0.408 e. The van der Waals surface area contributed by atoms with Gasteiger partial charge in [-0.25, -0.2) is 9.59 Å². The van der Waals surface area contributed by atoms with E-state index in [0.717, 1.165) is 0 Å². The Labute approximate surface area is 148 Å². The number of nitrogens with one attached hydrogen (secondary N) is 2. The van der Waals surface area contributed by atoms with Crippen molar-refractivity contribution in [2.24, 2.45) is 5.73 Å². The van der Waals surface area contributed by atoms with Crippen LogP contribution in [0.1, 0.15) is 12.8 Å². The number of anilines is 2. The second kappa shape index (κ2) is 7.56. The molecule has 0 saturated heterocycles. The molecule has 0 saturated carbocycles. The first-order chi connectivity index (χ1) is 12.5. The van der Waals surface area contributed by atoms with Crippen LogP contribution in [0.4, 0.5) is 16.2 Å². The summed E-state index contributed by atoms with van der Waals surface area (Å²) in [4.78, 5) is 34.8. The second-order valence-corrected chi connectivity index (χ2v) is 5.71. The van der Waals surface area contributed by atoms with Crippen LogP contribution in [0.3, 0.4) is 0 Å². The number of fused-ring (bicyclic) bond motifs is 1. The summed E-state index contributed by atoms with van der Waals surface area (Å²) in [5, 5.41) is 5.19. The van der Waals surface area contributed by atoms with E-state index in [0.29, 0.717) is 35.4 Å². The number of aryl methyl sites for hydroxylation is 1. The van der Waals surface area contributed by atoms with Gasteiger partial charge < -0.3 is 20.8 Å². The van der Waals surface area contributed by atoms with Gasteiger partial charge in [-0.3, -0.25) is 9.36 Å². The van der Waals surface area contributed by atoms with E-state index in [4.69, 9.17) is 10.2 Å². The average Bonchev–Trinajstić information content (AvgIpc) is 2.90. The van der Waals surface area contributed by atoms with Gasteiger partial charge in [0.2, 0.25) is 5.91 Å². The molecule has 8 heteroatoms. The average molecular weight is 354 g/mol. The molecule has 0 aliphatic rings. The predicted octanol–water partition coefficient (Wildman–Crippen LogP) is 2.50. The number of hydrogen-bond donors (Lipinski definition) is 3. The fourth-order valence-electron chi connectivity index (χ4n) is 2.66. The monoisotopic (exact) mass is 354 g/mol. The van der Waals surface area contributed by atoms with Crippen LogP contribution in [-0.2, 0) is 11.3 Å². The molecule has 0 radical (unpaired) electrons. The maximum atomic E-state index is 12.1. The number of carbonyl (C=O) groups is 2. The Bertz CT molecular complexity index is 1010. The van der Waals surface area contributed by atoms with Gasteiger partial charge in [0.25, 0.3) is 0 Å². The predicted molar refractivity (Wildman–Crippen MR) is 98.0 cm³/mol. The summed E-state index contributed by atoms with van der Waals surface area (Å²) in [5.41, 5.74) is 7.35. The minimum atomic E-state index is -0.675. The van der Waals surface area contributed by atoms with Crippen LogP contribution in [0.15, 0.2) is 57.7 Å². The fourth-order valence-corrected chi connectivity index (χ4v) is 2.66. The summed E-state index contributed by atoms with van der Waals surface area (Å²) in [5.74, 6) is -0.626. The number of nitrogens with zero attached hydrogens (tertiary/aromatic N) is 1. The molecule has 4 N–H and O–H groups in total. The van der Waals surface area contributed by atoms with Gasteiger partial charge >= 0.3 is 11.8 Å². The SMILES string of the molecule is NC(=O)Nc1cccc(NC(=O)CCCn2c(=O)oc3ccccc32)c1. The highest BCUT2D eigenvalue weighted by atomic mass is 16.4. The van der Waals surface area contributed by atoms with Crippen LogP contribution in [0.2, 0.25) is 0 Å². The van der Waals surface area contributed by atoms with Gasteiger partial charge in [-0.05, 0) is 36.8 Å². The van der Waals surface area contributed by atoms with Gasteiger partial charge in [-0.15, -0.1) is 0 Å². The van der Waals surface area contributed by atoms with E-state index in [1.165, 1.54) is 4.57 Å². The lowest BCUT2D eigenvalue weighted by Crippen LogP contribution is -2.19. The first kappa shape index (κ1) is 17.3. The Balaban J connectivity index is 1.57. The molecule has 0 bridgehead atoms. The number of urea groups is 1. The number of aromatic nitrogens is 1. The molecule has 0 unspecified atom stereocenters. The standard InChI is InChI=1S/C18H18N4O4/c19-17(24)21-13-6-3-5-12(11-13)20-16(23)9-4-10-22-14-7-1-2-8-15(14)26-18(22)25/h1-3,5-8,11H,4,9-10H2,(H,20,23)(H3,19,21,24). The van der Waals surface area contributed by atoms with E-state index in [1.54, 1.807) is 42.5 Å². The first-order valence-electron chi connectivity index (χ1n) is 8.08. The van der Waals surface area contributed by atoms with Crippen molar-refractivity contribution in [1.82, 2.24) is 4.57 Å². The van der Waals surface area contributed by atoms with Gasteiger partial charge in [-0.1, -0.05) is 18.2 Å². The summed E-state index contributed by atoms with van der Waals surface area (Å²) in [6.07, 6.45) is 0.716. The van der Waals surface area contributed by atoms with Crippen molar-refractivity contribution in [1.29, 1.82) is 0 Å². The molecule has 3 aromatic rings. The zero-order valence-electron chi connectivity index (χ0n) is 13.9. The van der Waals surface area contributed by atoms with Crippen LogP contribution in [0, 0.1) is 0 Å². The number of amides is 3. The number of nitrogens with two attached hydrogens (primary N) is 1. The smallest absolute Gasteiger partial charge is 0.408 e. The Hall–Kier alpha value is -3.55. The van der Waals surface area contributed by atoms with Gasteiger partial charge in [0.05, 0.1) is 5.52 Å². The normalized spacial score (nSPS) is 10.6. The van der Waals surface area contributed by atoms with Crippen molar-refractivity contribution < 1.29 is 14.0 Å². The molecule has 26 heavy (non-hydrogen) atoms. The van der Waals surface area contributed by atoms with Crippen LogP contribution in [-0.4, -0.2) is 16.5 Å². The third-order valence-corrected chi connectivity index (χ3v) is 3.77. The Kier molecular flexibility index (Phi) is 5.02. The third-order valence-electron chi connectivity index (χ3n) is 3.77. The van der Waals surface area contributed by atoms with E-state index in [2.05, 4.69) is 10.6 Å². The van der Waals surface area contributed by atoms with Gasteiger partial charge in [0.1, 0.15) is 0 Å². The van der Waals surface area contributed by atoms with Gasteiger partial charge in [0.15, 0.2) is 5.58 Å². The molecule has 0 atom stereocenters. The van der Waals surface area contributed by atoms with E-state index < -0.39 is 11.8 Å². The summed E-state index contributed by atoms with van der Waals surface area (Å²) in [6.45, 7) is 0.381. The number of primary amides is 1. The van der Waals surface area contributed by atoms with Crippen LogP contribution >= 0.6 is 0 Å². The fraction of sp³-hybridized carbons (Fsp3) is 0.167. The number of oxazole rings is 1. The molecule has 1 heterocycles. The van der Waals surface area contributed by atoms with E-state index in [1.807, 2.05) is 6.07 Å². The number of para-hydroxylation sites is 2. The first-order valence-corrected chi connectivity index (χ1v) is 8.08. The number of benzene rings is 2. The number of carbonyl (C=O) groups excluding carboxylic acids is 2. The minimum absolute atomic E-state index is 0.193. The second-order valence-electron chi connectivity index (χ2n) is 5.71. The van der Waals surface area contributed by atoms with Crippen molar-refractivity contribution in [3.05, 3.63) is 59.1 Å². The Morgan fingerprint density at radius 2 is 1.77 bits per heavy atom. The molecule has 0 aliphatic carbocycles. The molecule has 1 aromatic heterocycles. The Morgan fingerprint density at radius 1 is 1.04 bits per heavy atom. The third kappa shape index (κ3) is 4.10. The van der Waals surface area contributed by atoms with E-state index in [9.17, 15) is 14.4 Å². The maximum Gasteiger partial charge on any atom is 0.419 e. The van der Waals surface area contributed by atoms with Gasteiger partial charge in [-0.2, -0.15) is 0 Å². The molecular weight excluding hydrogens is 336 g/mol. The highest BCUT2D eigenvalue weighted by molar-refractivity contribution is 5.93. The Morgan fingerprint density at radius 3 is 2.54 bits per heavy atom. The van der Waals surface area contributed by atoms with Crippen LogP contribution < -0.4 is 22.1 Å². The van der Waals surface area contributed by atoms with Crippen LogP contribution in [0.25, 0.3) is 11.1 Å².